The number of benzene rings is 1. The number of rotatable bonds is 8. The number of Topliss-reactive ketones (excluding diaryl/α,β-unsaturated/α-hetero) is 1. The van der Waals surface area contributed by atoms with E-state index in [4.69, 9.17) is 4.74 Å². The van der Waals surface area contributed by atoms with Crippen LogP contribution in [0.2, 0.25) is 0 Å². The molecule has 2 aliphatic carbocycles. The molecule has 7 heteroatoms. The van der Waals surface area contributed by atoms with Crippen molar-refractivity contribution in [1.82, 2.24) is 0 Å². The first kappa shape index (κ1) is 21.3. The molecule has 1 aromatic carbocycles. The predicted octanol–water partition coefficient (Wildman–Crippen LogP) is 3.55. The number of aryl methyl sites for hydroxylation is 1. The Morgan fingerprint density at radius 2 is 2.00 bits per heavy atom. The quantitative estimate of drug-likeness (QED) is 0.652. The third kappa shape index (κ3) is 4.01. The zero-order chi connectivity index (χ0) is 21.8. The van der Waals surface area contributed by atoms with Gasteiger partial charge in [0, 0.05) is 11.3 Å². The summed E-state index contributed by atoms with van der Waals surface area (Å²) in [5.41, 5.74) is 3.82. The fourth-order valence-electron chi connectivity index (χ4n) is 4.95. The molecule has 1 saturated carbocycles. The molecule has 31 heavy (non-hydrogen) atoms. The molecule has 0 unspecified atom stereocenters. The van der Waals surface area contributed by atoms with Crippen molar-refractivity contribution in [2.24, 2.45) is 5.92 Å². The van der Waals surface area contributed by atoms with Gasteiger partial charge in [-0.05, 0) is 78.3 Å². The molecule has 0 bridgehead atoms. The lowest BCUT2D eigenvalue weighted by Crippen LogP contribution is -2.45. The van der Waals surface area contributed by atoms with Gasteiger partial charge < -0.3 is 9.84 Å². The predicted molar refractivity (Wildman–Crippen MR) is 119 cm³/mol. The van der Waals surface area contributed by atoms with Gasteiger partial charge in [-0.3, -0.25) is 4.79 Å². The number of thiophene rings is 1. The summed E-state index contributed by atoms with van der Waals surface area (Å²) in [7, 11) is -3.74. The minimum absolute atomic E-state index is 0.140. The number of carbonyl (C=O) groups is 1. The number of hydrogen-bond donors (Lipinski definition) is 1. The van der Waals surface area contributed by atoms with Gasteiger partial charge in [-0.15, -0.1) is 11.3 Å². The molecule has 166 valence electrons. The molecular weight excluding hydrogens is 432 g/mol. The maximum absolute atomic E-state index is 13.0. The Hall–Kier alpha value is -1.54. The van der Waals surface area contributed by atoms with Crippen molar-refractivity contribution in [2.45, 2.75) is 61.2 Å². The van der Waals surface area contributed by atoms with Gasteiger partial charge in [-0.25, -0.2) is 8.42 Å². The average molecular weight is 461 g/mol. The van der Waals surface area contributed by atoms with Crippen LogP contribution in [0.15, 0.2) is 28.5 Å². The largest absolute Gasteiger partial charge is 0.379 e. The molecule has 5 nitrogen and oxygen atoms in total. The molecule has 1 aliphatic heterocycles. The van der Waals surface area contributed by atoms with E-state index in [2.05, 4.69) is 19.1 Å². The summed E-state index contributed by atoms with van der Waals surface area (Å²) in [6, 6.07) is 7.52. The van der Waals surface area contributed by atoms with Gasteiger partial charge in [-0.2, -0.15) is 0 Å². The Bertz CT molecular complexity index is 1120. The van der Waals surface area contributed by atoms with Crippen LogP contribution in [0.25, 0.3) is 0 Å². The van der Waals surface area contributed by atoms with Crippen LogP contribution in [-0.2, 0) is 44.2 Å². The Morgan fingerprint density at radius 1 is 1.23 bits per heavy atom. The normalized spacial score (nSPS) is 20.8. The van der Waals surface area contributed by atoms with E-state index in [0.29, 0.717) is 16.7 Å². The van der Waals surface area contributed by atoms with Crippen LogP contribution in [0.4, 0.5) is 0 Å². The number of aliphatic hydroxyl groups is 1. The molecule has 3 aliphatic rings. The van der Waals surface area contributed by atoms with E-state index in [1.165, 1.54) is 35.6 Å². The number of ether oxygens (including phenoxy) is 1. The van der Waals surface area contributed by atoms with Crippen molar-refractivity contribution in [2.75, 3.05) is 19.0 Å². The number of fused-ring (bicyclic) bond motifs is 1. The molecule has 0 radical (unpaired) electrons. The number of carbonyl (C=O) groups excluding carboxylic acids is 1. The van der Waals surface area contributed by atoms with Gasteiger partial charge in [0.2, 0.25) is 0 Å². The van der Waals surface area contributed by atoms with Gasteiger partial charge in [-0.1, -0.05) is 19.1 Å². The number of sulfone groups is 1. The van der Waals surface area contributed by atoms with Crippen LogP contribution in [0, 0.1) is 5.92 Å². The van der Waals surface area contributed by atoms with E-state index in [9.17, 15) is 18.3 Å². The van der Waals surface area contributed by atoms with Crippen molar-refractivity contribution < 1.29 is 23.1 Å². The van der Waals surface area contributed by atoms with Crippen LogP contribution in [-0.4, -0.2) is 38.3 Å². The van der Waals surface area contributed by atoms with Crippen molar-refractivity contribution in [3.05, 3.63) is 51.4 Å². The molecule has 2 heterocycles. The lowest BCUT2D eigenvalue weighted by Gasteiger charge is -2.35. The fraction of sp³-hybridized carbons (Fsp3) is 0.542. The fourth-order valence-corrected chi connectivity index (χ4v) is 7.65. The molecular formula is C24H28O5S2. The van der Waals surface area contributed by atoms with Crippen LogP contribution in [0.5, 0.6) is 0 Å². The highest BCUT2D eigenvalue weighted by atomic mass is 32.2. The minimum Gasteiger partial charge on any atom is -0.379 e. The summed E-state index contributed by atoms with van der Waals surface area (Å²) in [5, 5.41) is 10.4. The van der Waals surface area contributed by atoms with Crippen molar-refractivity contribution in [3.63, 3.8) is 0 Å². The summed E-state index contributed by atoms with van der Waals surface area (Å²) in [5.74, 6) is 0.339. The SMILES string of the molecule is C[C@@H](c1ccc2c(c1CC(=O)CS(=O)(=O)c1ccc(C3(O)COC3)s1)CCC2)C1CC1. The summed E-state index contributed by atoms with van der Waals surface area (Å²) in [6.07, 6.45) is 5.77. The number of ketones is 1. The maximum Gasteiger partial charge on any atom is 0.194 e. The van der Waals surface area contributed by atoms with Gasteiger partial charge in [0.25, 0.3) is 0 Å². The summed E-state index contributed by atoms with van der Waals surface area (Å²) in [6.45, 7) is 2.58. The number of hydrogen-bond acceptors (Lipinski definition) is 6. The van der Waals surface area contributed by atoms with Crippen molar-refractivity contribution in [3.8, 4) is 0 Å². The first-order chi connectivity index (χ1) is 14.8. The van der Waals surface area contributed by atoms with E-state index in [1.54, 1.807) is 6.07 Å². The molecule has 1 N–H and O–H groups in total. The minimum atomic E-state index is -3.74. The zero-order valence-corrected chi connectivity index (χ0v) is 19.4. The van der Waals surface area contributed by atoms with E-state index >= 15 is 0 Å². The second-order valence-corrected chi connectivity index (χ2v) is 12.7. The lowest BCUT2D eigenvalue weighted by atomic mass is 9.86. The Morgan fingerprint density at radius 3 is 2.68 bits per heavy atom. The Balaban J connectivity index is 1.36. The monoisotopic (exact) mass is 460 g/mol. The van der Waals surface area contributed by atoms with Gasteiger partial charge in [0.05, 0.1) is 13.2 Å². The molecule has 1 saturated heterocycles. The third-order valence-electron chi connectivity index (χ3n) is 7.01. The topological polar surface area (TPSA) is 80.7 Å². The molecule has 1 aromatic heterocycles. The van der Waals surface area contributed by atoms with Crippen LogP contribution >= 0.6 is 11.3 Å². The molecule has 1 atom stereocenters. The molecule has 2 fully saturated rings. The second-order valence-electron chi connectivity index (χ2n) is 9.37. The smallest absolute Gasteiger partial charge is 0.194 e. The molecule has 0 spiro atoms. The lowest BCUT2D eigenvalue weighted by molar-refractivity contribution is -0.182. The second kappa shape index (κ2) is 7.80. The summed E-state index contributed by atoms with van der Waals surface area (Å²) in [4.78, 5) is 13.6. The standard InChI is InChI=1S/C24H28O5S2/c1-15(16-5-6-16)19-8-7-17-3-2-4-20(17)21(19)11-18(25)12-31(27,28)23-10-9-22(30-23)24(26)13-29-14-24/h7-10,15-16,26H,2-6,11-14H2,1H3/t15-/m1/s1. The summed E-state index contributed by atoms with van der Waals surface area (Å²) >= 11 is 1.04. The first-order valence-corrected chi connectivity index (χ1v) is 13.5. The average Bonchev–Trinajstić information content (AvgIpc) is 3.22. The molecule has 2 aromatic rings. The van der Waals surface area contributed by atoms with Crippen molar-refractivity contribution >= 4 is 27.0 Å². The van der Waals surface area contributed by atoms with Gasteiger partial charge in [0.15, 0.2) is 15.6 Å². The van der Waals surface area contributed by atoms with E-state index in [0.717, 1.165) is 36.2 Å². The summed E-state index contributed by atoms with van der Waals surface area (Å²) < 4.78 is 31.1. The zero-order valence-electron chi connectivity index (χ0n) is 17.7. The Kier molecular flexibility index (Phi) is 5.36. The molecule has 0 amide bonds. The van der Waals surface area contributed by atoms with Crippen molar-refractivity contribution in [1.29, 1.82) is 0 Å². The highest BCUT2D eigenvalue weighted by Gasteiger charge is 2.40. The van der Waals surface area contributed by atoms with Gasteiger partial charge in [0.1, 0.15) is 15.6 Å². The first-order valence-electron chi connectivity index (χ1n) is 11.1. The third-order valence-corrected chi connectivity index (χ3v) is 10.5. The van der Waals surface area contributed by atoms with E-state index in [1.807, 2.05) is 0 Å². The van der Waals surface area contributed by atoms with Crippen LogP contribution in [0.3, 0.4) is 0 Å². The van der Waals surface area contributed by atoms with Crippen LogP contribution in [0.1, 0.15) is 59.2 Å². The van der Waals surface area contributed by atoms with E-state index in [-0.39, 0.29) is 29.6 Å². The Labute approximate surface area is 187 Å². The van der Waals surface area contributed by atoms with Crippen LogP contribution < -0.4 is 0 Å². The highest BCUT2D eigenvalue weighted by molar-refractivity contribution is 7.94. The maximum atomic E-state index is 13.0. The van der Waals surface area contributed by atoms with Gasteiger partial charge >= 0.3 is 0 Å². The van der Waals surface area contributed by atoms with E-state index < -0.39 is 21.2 Å². The highest BCUT2D eigenvalue weighted by Crippen LogP contribution is 2.45. The molecule has 5 rings (SSSR count).